The van der Waals surface area contributed by atoms with Crippen LogP contribution in [0, 0.1) is 30.0 Å². The Kier molecular flexibility index (Phi) is 2.94. The molecule has 0 aliphatic carbocycles. The van der Waals surface area contributed by atoms with Crippen LogP contribution in [0.15, 0.2) is 22.5 Å². The first-order valence-corrected chi connectivity index (χ1v) is 3.65. The van der Waals surface area contributed by atoms with Crippen molar-refractivity contribution in [3.63, 3.8) is 0 Å². The lowest BCUT2D eigenvalue weighted by molar-refractivity contribution is -0.421. The van der Waals surface area contributed by atoms with E-state index in [1.807, 2.05) is 0 Å². The number of nitroso groups, excluding NO2 is 2. The second kappa shape index (κ2) is 4.16. The van der Waals surface area contributed by atoms with E-state index in [0.717, 1.165) is 6.07 Å². The van der Waals surface area contributed by atoms with Crippen molar-refractivity contribution in [3.8, 4) is 0 Å². The van der Waals surface area contributed by atoms with E-state index in [0.29, 0.717) is 6.07 Å². The summed E-state index contributed by atoms with van der Waals surface area (Å²) in [6, 6.07) is 1.53. The Balaban J connectivity index is 3.69. The third-order valence-corrected chi connectivity index (χ3v) is 1.68. The van der Waals surface area contributed by atoms with E-state index in [4.69, 9.17) is 0 Å². The molecular formula is C6H2N4O6. The number of benzene rings is 1. The molecule has 0 amide bonds. The monoisotopic (exact) mass is 226 g/mol. The van der Waals surface area contributed by atoms with Gasteiger partial charge in [0.25, 0.3) is 0 Å². The zero-order chi connectivity index (χ0) is 12.3. The van der Waals surface area contributed by atoms with E-state index in [-0.39, 0.29) is 0 Å². The summed E-state index contributed by atoms with van der Waals surface area (Å²) >= 11 is 0. The number of nitro groups is 2. The highest BCUT2D eigenvalue weighted by atomic mass is 16.6. The molecule has 0 atom stereocenters. The molecular weight excluding hydrogens is 224 g/mol. The predicted octanol–water partition coefficient (Wildman–Crippen LogP) is 2.30. The molecule has 10 nitrogen and oxygen atoms in total. The van der Waals surface area contributed by atoms with Gasteiger partial charge in [0.05, 0.1) is 9.85 Å². The Morgan fingerprint density at radius 1 is 1.00 bits per heavy atom. The van der Waals surface area contributed by atoms with Gasteiger partial charge in [0.2, 0.25) is 5.69 Å². The molecule has 0 spiro atoms. The molecule has 0 heterocycles. The molecule has 0 unspecified atom stereocenters. The van der Waals surface area contributed by atoms with Crippen LogP contribution in [0.5, 0.6) is 0 Å². The lowest BCUT2D eigenvalue weighted by atomic mass is 10.2. The van der Waals surface area contributed by atoms with Gasteiger partial charge in [0.1, 0.15) is 5.69 Å². The molecule has 82 valence electrons. The van der Waals surface area contributed by atoms with Crippen LogP contribution in [0.3, 0.4) is 0 Å². The second-order valence-electron chi connectivity index (χ2n) is 2.50. The molecule has 0 N–H and O–H groups in total. The maximum atomic E-state index is 10.5. The summed E-state index contributed by atoms with van der Waals surface area (Å²) in [5, 5.41) is 25.5. The highest BCUT2D eigenvalue weighted by Crippen LogP contribution is 2.43. The van der Waals surface area contributed by atoms with Crippen LogP contribution in [0.25, 0.3) is 0 Å². The Morgan fingerprint density at radius 3 is 2.00 bits per heavy atom. The summed E-state index contributed by atoms with van der Waals surface area (Å²) in [7, 11) is 0. The van der Waals surface area contributed by atoms with Crippen molar-refractivity contribution in [1.82, 2.24) is 0 Å². The largest absolute Gasteiger partial charge is 0.377 e. The molecule has 1 rings (SSSR count). The Hall–Kier alpha value is -2.78. The van der Waals surface area contributed by atoms with E-state index in [2.05, 4.69) is 10.4 Å². The van der Waals surface area contributed by atoms with Crippen molar-refractivity contribution < 1.29 is 9.85 Å². The normalized spacial score (nSPS) is 9.50. The first-order valence-electron chi connectivity index (χ1n) is 3.65. The summed E-state index contributed by atoms with van der Waals surface area (Å²) in [5.74, 6) is 0. The van der Waals surface area contributed by atoms with Crippen molar-refractivity contribution in [2.75, 3.05) is 0 Å². The van der Waals surface area contributed by atoms with Crippen LogP contribution >= 0.6 is 0 Å². The summed E-state index contributed by atoms with van der Waals surface area (Å²) in [5.41, 5.74) is -3.63. The summed E-state index contributed by atoms with van der Waals surface area (Å²) in [6.45, 7) is 0. The van der Waals surface area contributed by atoms with Gasteiger partial charge in [-0.05, 0) is 16.4 Å². The Bertz CT molecular complexity index is 498. The number of nitrogens with zero attached hydrogens (tertiary/aromatic N) is 4. The lowest BCUT2D eigenvalue weighted by Gasteiger charge is -1.97. The molecule has 0 saturated carbocycles. The fourth-order valence-electron chi connectivity index (χ4n) is 1.05. The molecule has 0 bridgehead atoms. The molecule has 1 aromatic carbocycles. The smallest absolute Gasteiger partial charge is 0.258 e. The Labute approximate surface area is 86.1 Å². The maximum Gasteiger partial charge on any atom is 0.377 e. The second-order valence-corrected chi connectivity index (χ2v) is 2.50. The molecule has 0 aromatic heterocycles. The molecule has 0 aliphatic heterocycles. The van der Waals surface area contributed by atoms with Gasteiger partial charge in [0.15, 0.2) is 0 Å². The SMILES string of the molecule is O=Nc1ccc([N+](=O)[O-])c([N+](=O)[O-])c1N=O. The minimum atomic E-state index is -1.16. The highest BCUT2D eigenvalue weighted by Gasteiger charge is 2.32. The van der Waals surface area contributed by atoms with Gasteiger partial charge in [-0.25, -0.2) is 0 Å². The molecule has 0 fully saturated rings. The van der Waals surface area contributed by atoms with Gasteiger partial charge < -0.3 is 0 Å². The zero-order valence-corrected chi connectivity index (χ0v) is 7.39. The average molecular weight is 226 g/mol. The van der Waals surface area contributed by atoms with E-state index in [9.17, 15) is 30.0 Å². The number of nitro benzene ring substituents is 2. The van der Waals surface area contributed by atoms with Gasteiger partial charge in [-0.2, -0.15) is 0 Å². The quantitative estimate of drug-likeness (QED) is 0.437. The highest BCUT2D eigenvalue weighted by molar-refractivity contribution is 5.79. The molecule has 0 saturated heterocycles. The third-order valence-electron chi connectivity index (χ3n) is 1.68. The van der Waals surface area contributed by atoms with Crippen molar-refractivity contribution in [3.05, 3.63) is 42.2 Å². The van der Waals surface area contributed by atoms with Gasteiger partial charge in [-0.15, -0.1) is 9.81 Å². The Morgan fingerprint density at radius 2 is 1.62 bits per heavy atom. The number of hydrogen-bond donors (Lipinski definition) is 0. The molecule has 16 heavy (non-hydrogen) atoms. The van der Waals surface area contributed by atoms with Crippen LogP contribution in [-0.4, -0.2) is 9.85 Å². The van der Waals surface area contributed by atoms with Crippen LogP contribution in [-0.2, 0) is 0 Å². The van der Waals surface area contributed by atoms with E-state index in [1.54, 1.807) is 0 Å². The fourth-order valence-corrected chi connectivity index (χ4v) is 1.05. The summed E-state index contributed by atoms with van der Waals surface area (Å²) in [6.07, 6.45) is 0. The van der Waals surface area contributed by atoms with E-state index in [1.165, 1.54) is 0 Å². The average Bonchev–Trinajstić information content (AvgIpc) is 2.26. The fraction of sp³-hybridized carbons (Fsp3) is 0. The van der Waals surface area contributed by atoms with Crippen molar-refractivity contribution in [2.24, 2.45) is 10.4 Å². The first-order chi connectivity index (χ1) is 7.52. The molecule has 0 aliphatic rings. The minimum absolute atomic E-state index is 0.618. The van der Waals surface area contributed by atoms with Gasteiger partial charge in [0, 0.05) is 6.07 Å². The molecule has 0 radical (unpaired) electrons. The maximum absolute atomic E-state index is 10.5. The summed E-state index contributed by atoms with van der Waals surface area (Å²) < 4.78 is 0. The first kappa shape index (κ1) is 11.3. The van der Waals surface area contributed by atoms with Gasteiger partial charge >= 0.3 is 11.4 Å². The lowest BCUT2D eigenvalue weighted by Crippen LogP contribution is -1.96. The van der Waals surface area contributed by atoms with E-state index >= 15 is 0 Å². The van der Waals surface area contributed by atoms with Crippen LogP contribution in [0.2, 0.25) is 0 Å². The molecule has 1 aromatic rings. The zero-order valence-electron chi connectivity index (χ0n) is 7.39. The number of rotatable bonds is 4. The minimum Gasteiger partial charge on any atom is -0.258 e. The van der Waals surface area contributed by atoms with Crippen LogP contribution < -0.4 is 0 Å². The number of hydrogen-bond acceptors (Lipinski definition) is 8. The van der Waals surface area contributed by atoms with Crippen LogP contribution in [0.4, 0.5) is 22.7 Å². The van der Waals surface area contributed by atoms with E-state index < -0.39 is 32.6 Å². The standard InChI is InChI=1S/C6H2N4O6/c11-7-3-1-2-4(9(13)14)6(10(15)16)5(3)8-12/h1-2H. The topological polar surface area (TPSA) is 145 Å². The summed E-state index contributed by atoms with van der Waals surface area (Å²) in [4.78, 5) is 39.3. The third kappa shape index (κ3) is 1.70. The van der Waals surface area contributed by atoms with Gasteiger partial charge in [-0.3, -0.25) is 20.2 Å². The van der Waals surface area contributed by atoms with Crippen LogP contribution in [0.1, 0.15) is 0 Å². The van der Waals surface area contributed by atoms with Gasteiger partial charge in [-0.1, -0.05) is 0 Å². The van der Waals surface area contributed by atoms with Crippen molar-refractivity contribution >= 4 is 22.7 Å². The molecule has 10 heteroatoms. The van der Waals surface area contributed by atoms with Crippen molar-refractivity contribution in [1.29, 1.82) is 0 Å². The predicted molar refractivity (Wildman–Crippen MR) is 50.7 cm³/mol. The van der Waals surface area contributed by atoms with Crippen molar-refractivity contribution in [2.45, 2.75) is 0 Å².